The van der Waals surface area contributed by atoms with Crippen LogP contribution in [0.15, 0.2) is 29.4 Å². The molecule has 1 saturated carbocycles. The number of carbonyl (C=O) groups is 2. The average molecular weight is 434 g/mol. The van der Waals surface area contributed by atoms with E-state index in [-0.39, 0.29) is 35.7 Å². The summed E-state index contributed by atoms with van der Waals surface area (Å²) in [6, 6.07) is 6.26. The van der Waals surface area contributed by atoms with E-state index in [0.29, 0.717) is 23.4 Å². The van der Waals surface area contributed by atoms with Crippen molar-refractivity contribution in [2.45, 2.75) is 63.7 Å². The van der Waals surface area contributed by atoms with Crippen LogP contribution in [0.4, 0.5) is 10.1 Å². The number of amides is 2. The maximum Gasteiger partial charge on any atom is 0.232 e. The van der Waals surface area contributed by atoms with Gasteiger partial charge in [-0.15, -0.1) is 10.2 Å². The molecule has 1 heterocycles. The number of benzene rings is 1. The fourth-order valence-electron chi connectivity index (χ4n) is 3.68. The molecule has 162 valence electrons. The zero-order valence-electron chi connectivity index (χ0n) is 17.4. The van der Waals surface area contributed by atoms with Crippen molar-refractivity contribution in [3.63, 3.8) is 0 Å². The first kappa shape index (κ1) is 22.3. The van der Waals surface area contributed by atoms with Crippen LogP contribution in [0, 0.1) is 11.7 Å². The molecule has 30 heavy (non-hydrogen) atoms. The Bertz CT molecular complexity index is 888. The van der Waals surface area contributed by atoms with Crippen LogP contribution >= 0.6 is 11.8 Å². The summed E-state index contributed by atoms with van der Waals surface area (Å²) >= 11 is 1.31. The smallest absolute Gasteiger partial charge is 0.232 e. The van der Waals surface area contributed by atoms with Crippen LogP contribution in [0.3, 0.4) is 0 Å². The van der Waals surface area contributed by atoms with Gasteiger partial charge in [0.05, 0.1) is 17.9 Å². The highest BCUT2D eigenvalue weighted by molar-refractivity contribution is 7.99. The lowest BCUT2D eigenvalue weighted by Crippen LogP contribution is -2.41. The second-order valence-corrected chi connectivity index (χ2v) is 8.51. The van der Waals surface area contributed by atoms with E-state index in [0.717, 1.165) is 19.3 Å². The number of aromatic nitrogens is 3. The first-order valence-corrected chi connectivity index (χ1v) is 11.3. The Morgan fingerprint density at radius 1 is 1.20 bits per heavy atom. The number of rotatable bonds is 8. The molecule has 1 aromatic carbocycles. The number of para-hydroxylation sites is 1. The van der Waals surface area contributed by atoms with Gasteiger partial charge in [0.2, 0.25) is 11.8 Å². The van der Waals surface area contributed by atoms with Crippen LogP contribution in [0.2, 0.25) is 0 Å². The first-order chi connectivity index (χ1) is 14.5. The van der Waals surface area contributed by atoms with Gasteiger partial charge in [0.25, 0.3) is 0 Å². The highest BCUT2D eigenvalue weighted by Crippen LogP contribution is 2.24. The lowest BCUT2D eigenvalue weighted by Gasteiger charge is -2.29. The average Bonchev–Trinajstić information content (AvgIpc) is 3.11. The van der Waals surface area contributed by atoms with Crippen molar-refractivity contribution in [3.05, 3.63) is 35.9 Å². The van der Waals surface area contributed by atoms with Crippen LogP contribution in [-0.4, -0.2) is 38.4 Å². The van der Waals surface area contributed by atoms with E-state index < -0.39 is 5.82 Å². The van der Waals surface area contributed by atoms with Gasteiger partial charge < -0.3 is 15.2 Å². The van der Waals surface area contributed by atoms with Crippen molar-refractivity contribution in [1.82, 2.24) is 20.1 Å². The van der Waals surface area contributed by atoms with Crippen LogP contribution < -0.4 is 10.6 Å². The topological polar surface area (TPSA) is 88.9 Å². The molecule has 2 amide bonds. The summed E-state index contributed by atoms with van der Waals surface area (Å²) in [7, 11) is 0. The molecule has 7 nitrogen and oxygen atoms in total. The van der Waals surface area contributed by atoms with Crippen LogP contribution in [0.25, 0.3) is 0 Å². The van der Waals surface area contributed by atoms with E-state index in [2.05, 4.69) is 27.8 Å². The van der Waals surface area contributed by atoms with E-state index in [1.54, 1.807) is 12.1 Å². The summed E-state index contributed by atoms with van der Waals surface area (Å²) < 4.78 is 15.5. The zero-order valence-corrected chi connectivity index (χ0v) is 18.2. The minimum atomic E-state index is -0.489. The highest BCUT2D eigenvalue weighted by atomic mass is 32.2. The van der Waals surface area contributed by atoms with Gasteiger partial charge in [-0.2, -0.15) is 0 Å². The van der Waals surface area contributed by atoms with Gasteiger partial charge in [-0.25, -0.2) is 4.39 Å². The Balaban J connectivity index is 1.55. The van der Waals surface area contributed by atoms with Crippen LogP contribution in [0.1, 0.15) is 45.4 Å². The summed E-state index contributed by atoms with van der Waals surface area (Å²) in [5.41, 5.74) is 0.133. The Morgan fingerprint density at radius 2 is 1.97 bits per heavy atom. The molecule has 0 bridgehead atoms. The monoisotopic (exact) mass is 433 g/mol. The lowest BCUT2D eigenvalue weighted by molar-refractivity contribution is -0.120. The Kier molecular flexibility index (Phi) is 7.84. The van der Waals surface area contributed by atoms with Gasteiger partial charge in [-0.05, 0) is 37.8 Å². The maximum atomic E-state index is 13.7. The van der Waals surface area contributed by atoms with Crippen molar-refractivity contribution in [3.8, 4) is 0 Å². The van der Waals surface area contributed by atoms with Crippen molar-refractivity contribution >= 4 is 29.3 Å². The predicted molar refractivity (Wildman–Crippen MR) is 115 cm³/mol. The quantitative estimate of drug-likeness (QED) is 0.623. The lowest BCUT2D eigenvalue weighted by atomic mass is 9.86. The number of anilines is 1. The fourth-order valence-corrected chi connectivity index (χ4v) is 4.52. The standard InChI is InChI=1S/C21H28FN5O2S/c1-3-27-18(12-19(28)24-17-11-7-5-9-15(17)22)25-26-21(27)30-13-20(29)23-16-10-6-4-8-14(16)2/h5,7,9,11,14,16H,3-4,6,8,10,12-13H2,1-2H3,(H,23,29)(H,24,28)/t14-,16-/m1/s1. The third kappa shape index (κ3) is 5.81. The fraction of sp³-hybridized carbons (Fsp3) is 0.524. The summed E-state index contributed by atoms with van der Waals surface area (Å²) in [4.78, 5) is 24.7. The molecule has 0 radical (unpaired) electrons. The highest BCUT2D eigenvalue weighted by Gasteiger charge is 2.23. The largest absolute Gasteiger partial charge is 0.352 e. The molecule has 1 aliphatic carbocycles. The van der Waals surface area contributed by atoms with E-state index in [1.807, 2.05) is 11.5 Å². The summed E-state index contributed by atoms with van der Waals surface area (Å²) in [6.45, 7) is 4.68. The summed E-state index contributed by atoms with van der Waals surface area (Å²) in [5.74, 6) is 0.369. The number of hydrogen-bond donors (Lipinski definition) is 2. The van der Waals surface area contributed by atoms with E-state index >= 15 is 0 Å². The summed E-state index contributed by atoms with van der Waals surface area (Å²) in [5, 5.41) is 14.5. The number of halogens is 1. The second kappa shape index (κ2) is 10.6. The second-order valence-electron chi connectivity index (χ2n) is 7.57. The molecule has 0 unspecified atom stereocenters. The van der Waals surface area contributed by atoms with Crippen molar-refractivity contribution in [2.24, 2.45) is 5.92 Å². The van der Waals surface area contributed by atoms with Gasteiger partial charge in [0.1, 0.15) is 11.6 Å². The molecule has 2 N–H and O–H groups in total. The van der Waals surface area contributed by atoms with Gasteiger partial charge in [-0.3, -0.25) is 9.59 Å². The normalized spacial score (nSPS) is 18.8. The number of thioether (sulfide) groups is 1. The number of carbonyl (C=O) groups excluding carboxylic acids is 2. The Labute approximate surface area is 180 Å². The SMILES string of the molecule is CCn1c(CC(=O)Nc2ccccc2F)nnc1SCC(=O)N[C@@H]1CCCC[C@H]1C. The molecule has 3 rings (SSSR count). The minimum absolute atomic E-state index is 0.0109. The number of hydrogen-bond acceptors (Lipinski definition) is 5. The molecule has 2 atom stereocenters. The van der Waals surface area contributed by atoms with Crippen molar-refractivity contribution < 1.29 is 14.0 Å². The van der Waals surface area contributed by atoms with E-state index in [4.69, 9.17) is 0 Å². The van der Waals surface area contributed by atoms with Gasteiger partial charge in [0, 0.05) is 12.6 Å². The third-order valence-electron chi connectivity index (χ3n) is 5.37. The molecular weight excluding hydrogens is 405 g/mol. The molecule has 9 heteroatoms. The molecule has 0 aliphatic heterocycles. The van der Waals surface area contributed by atoms with E-state index in [1.165, 1.54) is 30.3 Å². The molecule has 0 saturated heterocycles. The van der Waals surface area contributed by atoms with Gasteiger partial charge in [0.15, 0.2) is 5.16 Å². The number of nitrogens with one attached hydrogen (secondary N) is 2. The predicted octanol–water partition coefficient (Wildman–Crippen LogP) is 3.41. The number of nitrogens with zero attached hydrogens (tertiary/aromatic N) is 3. The molecule has 1 fully saturated rings. The third-order valence-corrected chi connectivity index (χ3v) is 6.33. The molecule has 0 spiro atoms. The minimum Gasteiger partial charge on any atom is -0.352 e. The maximum absolute atomic E-state index is 13.7. The molecule has 1 aromatic heterocycles. The van der Waals surface area contributed by atoms with E-state index in [9.17, 15) is 14.0 Å². The molecule has 1 aliphatic rings. The molecular formula is C21H28FN5O2S. The van der Waals surface area contributed by atoms with Gasteiger partial charge >= 0.3 is 0 Å². The summed E-state index contributed by atoms with van der Waals surface area (Å²) in [6.07, 6.45) is 4.55. The van der Waals surface area contributed by atoms with Crippen molar-refractivity contribution in [2.75, 3.05) is 11.1 Å². The Hall–Kier alpha value is -2.42. The first-order valence-electron chi connectivity index (χ1n) is 10.4. The van der Waals surface area contributed by atoms with Crippen molar-refractivity contribution in [1.29, 1.82) is 0 Å². The van der Waals surface area contributed by atoms with Crippen LogP contribution in [0.5, 0.6) is 0 Å². The van der Waals surface area contributed by atoms with Crippen LogP contribution in [-0.2, 0) is 22.6 Å². The molecule has 2 aromatic rings. The van der Waals surface area contributed by atoms with Gasteiger partial charge in [-0.1, -0.05) is 43.7 Å². The zero-order chi connectivity index (χ0) is 21.5. The Morgan fingerprint density at radius 3 is 2.70 bits per heavy atom.